The third-order valence-electron chi connectivity index (χ3n) is 2.92. The number of hydrogen-bond donors (Lipinski definition) is 2. The van der Waals surface area contributed by atoms with E-state index in [4.69, 9.17) is 19.9 Å². The lowest BCUT2D eigenvalue weighted by Gasteiger charge is -2.15. The first kappa shape index (κ1) is 17.4. The second kappa shape index (κ2) is 10.1. The highest BCUT2D eigenvalue weighted by atomic mass is 16.5. The maximum atomic E-state index is 11.9. The van der Waals surface area contributed by atoms with Gasteiger partial charge in [-0.25, -0.2) is 0 Å². The fourth-order valence-corrected chi connectivity index (χ4v) is 1.75. The maximum absolute atomic E-state index is 11.9. The summed E-state index contributed by atoms with van der Waals surface area (Å²) in [7, 11) is 3.19. The fourth-order valence-electron chi connectivity index (χ4n) is 1.75. The molecule has 118 valence electrons. The van der Waals surface area contributed by atoms with Crippen LogP contribution in [0.3, 0.4) is 0 Å². The molecular formula is C15H24N2O4. The van der Waals surface area contributed by atoms with E-state index in [1.807, 2.05) is 18.2 Å². The van der Waals surface area contributed by atoms with Gasteiger partial charge in [-0.2, -0.15) is 0 Å². The number of anilines is 1. The third-order valence-corrected chi connectivity index (χ3v) is 2.92. The van der Waals surface area contributed by atoms with Crippen LogP contribution in [0.25, 0.3) is 0 Å². The van der Waals surface area contributed by atoms with E-state index < -0.39 is 0 Å². The molecule has 1 aromatic rings. The van der Waals surface area contributed by atoms with Crippen molar-refractivity contribution in [3.05, 3.63) is 24.3 Å². The van der Waals surface area contributed by atoms with Crippen LogP contribution in [0.4, 0.5) is 5.69 Å². The van der Waals surface area contributed by atoms with Crippen molar-refractivity contribution in [1.82, 2.24) is 0 Å². The molecule has 0 radical (unpaired) electrons. The van der Waals surface area contributed by atoms with Crippen LogP contribution in [0.15, 0.2) is 24.3 Å². The van der Waals surface area contributed by atoms with Crippen molar-refractivity contribution in [2.75, 3.05) is 39.3 Å². The molecule has 1 rings (SSSR count). The van der Waals surface area contributed by atoms with Crippen molar-refractivity contribution in [3.8, 4) is 5.75 Å². The normalized spacial score (nSPS) is 12.0. The van der Waals surface area contributed by atoms with E-state index in [9.17, 15) is 4.79 Å². The third kappa shape index (κ3) is 6.57. The average molecular weight is 296 g/mol. The lowest BCUT2D eigenvalue weighted by Crippen LogP contribution is -2.28. The highest BCUT2D eigenvalue weighted by Crippen LogP contribution is 2.24. The van der Waals surface area contributed by atoms with E-state index in [1.54, 1.807) is 13.2 Å². The molecule has 6 nitrogen and oxygen atoms in total. The van der Waals surface area contributed by atoms with Gasteiger partial charge in [0.2, 0.25) is 5.91 Å². The average Bonchev–Trinajstić information content (AvgIpc) is 2.50. The van der Waals surface area contributed by atoms with E-state index in [2.05, 4.69) is 5.32 Å². The topological polar surface area (TPSA) is 82.8 Å². The number of nitrogens with one attached hydrogen (secondary N) is 1. The zero-order chi connectivity index (χ0) is 15.5. The van der Waals surface area contributed by atoms with Crippen LogP contribution in [0, 0.1) is 0 Å². The Morgan fingerprint density at radius 2 is 2.05 bits per heavy atom. The van der Waals surface area contributed by atoms with Gasteiger partial charge in [0.05, 0.1) is 24.8 Å². The van der Waals surface area contributed by atoms with E-state index >= 15 is 0 Å². The number of benzene rings is 1. The zero-order valence-corrected chi connectivity index (χ0v) is 12.6. The van der Waals surface area contributed by atoms with E-state index in [-0.39, 0.29) is 18.4 Å². The number of rotatable bonds is 10. The van der Waals surface area contributed by atoms with Gasteiger partial charge in [0.15, 0.2) is 0 Å². The minimum Gasteiger partial charge on any atom is -0.491 e. The molecule has 21 heavy (non-hydrogen) atoms. The van der Waals surface area contributed by atoms with Crippen LogP contribution < -0.4 is 15.8 Å². The Kier molecular flexibility index (Phi) is 8.42. The minimum absolute atomic E-state index is 0.153. The number of carbonyl (C=O) groups is 1. The van der Waals surface area contributed by atoms with Crippen LogP contribution in [0.5, 0.6) is 5.75 Å². The summed E-state index contributed by atoms with van der Waals surface area (Å²) < 4.78 is 15.7. The highest BCUT2D eigenvalue weighted by molar-refractivity contribution is 5.92. The molecule has 1 atom stereocenters. The van der Waals surface area contributed by atoms with Crippen molar-refractivity contribution in [1.29, 1.82) is 0 Å². The van der Waals surface area contributed by atoms with Gasteiger partial charge in [-0.3, -0.25) is 4.79 Å². The number of ether oxygens (including phenoxy) is 3. The monoisotopic (exact) mass is 296 g/mol. The van der Waals surface area contributed by atoms with Gasteiger partial charge >= 0.3 is 0 Å². The first-order valence-corrected chi connectivity index (χ1v) is 6.94. The second-order valence-electron chi connectivity index (χ2n) is 4.54. The van der Waals surface area contributed by atoms with Crippen molar-refractivity contribution in [3.63, 3.8) is 0 Å². The summed E-state index contributed by atoms with van der Waals surface area (Å²) in [5.74, 6) is 0.490. The van der Waals surface area contributed by atoms with Crippen molar-refractivity contribution < 1.29 is 19.0 Å². The van der Waals surface area contributed by atoms with Gasteiger partial charge in [-0.05, 0) is 12.1 Å². The van der Waals surface area contributed by atoms with Gasteiger partial charge in [-0.15, -0.1) is 0 Å². The van der Waals surface area contributed by atoms with Gasteiger partial charge in [0.1, 0.15) is 5.75 Å². The van der Waals surface area contributed by atoms with Gasteiger partial charge in [0, 0.05) is 33.8 Å². The smallest absolute Gasteiger partial charge is 0.227 e. The summed E-state index contributed by atoms with van der Waals surface area (Å²) in [5.41, 5.74) is 6.15. The Morgan fingerprint density at radius 3 is 2.71 bits per heavy atom. The lowest BCUT2D eigenvalue weighted by molar-refractivity contribution is -0.118. The number of nitrogens with two attached hydrogens (primary N) is 1. The Hall–Kier alpha value is -1.63. The Morgan fingerprint density at radius 1 is 1.29 bits per heavy atom. The summed E-state index contributed by atoms with van der Waals surface area (Å²) in [5, 5.41) is 2.82. The molecule has 6 heteroatoms. The summed E-state index contributed by atoms with van der Waals surface area (Å²) in [6.45, 7) is 1.48. The van der Waals surface area contributed by atoms with Crippen LogP contribution >= 0.6 is 0 Å². The number of methoxy groups -OCH3 is 2. The van der Waals surface area contributed by atoms with Gasteiger partial charge < -0.3 is 25.3 Å². The highest BCUT2D eigenvalue weighted by Gasteiger charge is 2.13. The molecular weight excluding hydrogens is 272 g/mol. The van der Waals surface area contributed by atoms with E-state index in [1.165, 1.54) is 7.11 Å². The molecule has 3 N–H and O–H groups in total. The fraction of sp³-hybridized carbons (Fsp3) is 0.533. The lowest BCUT2D eigenvalue weighted by atomic mass is 10.2. The Labute approximate surface area is 125 Å². The molecule has 0 aromatic heterocycles. The quantitative estimate of drug-likeness (QED) is 0.638. The Balaban J connectivity index is 2.55. The van der Waals surface area contributed by atoms with Gasteiger partial charge in [0.25, 0.3) is 0 Å². The molecule has 0 aliphatic heterocycles. The molecule has 1 aromatic carbocycles. The summed E-state index contributed by atoms with van der Waals surface area (Å²) in [6, 6.07) is 7.32. The maximum Gasteiger partial charge on any atom is 0.227 e. The van der Waals surface area contributed by atoms with Crippen LogP contribution in [-0.4, -0.2) is 46.0 Å². The van der Waals surface area contributed by atoms with Crippen LogP contribution in [0.1, 0.15) is 12.8 Å². The molecule has 1 amide bonds. The molecule has 0 spiro atoms. The molecule has 0 heterocycles. The molecule has 0 aliphatic carbocycles. The molecule has 0 saturated carbocycles. The summed E-state index contributed by atoms with van der Waals surface area (Å²) in [6.07, 6.45) is 0.725. The largest absolute Gasteiger partial charge is 0.491 e. The molecule has 0 saturated heterocycles. The van der Waals surface area contributed by atoms with Crippen LogP contribution in [0.2, 0.25) is 0 Å². The first-order valence-electron chi connectivity index (χ1n) is 6.94. The van der Waals surface area contributed by atoms with Crippen molar-refractivity contribution in [2.24, 2.45) is 5.73 Å². The standard InChI is InChI=1S/C15H24N2O4/c1-19-8-5-9-21-14-7-4-3-6-13(14)17-15(18)10-12(11-16)20-2/h3-4,6-7,12H,5,8-11,16H2,1-2H3,(H,17,18). The molecule has 0 bridgehead atoms. The number of amides is 1. The molecule has 0 fully saturated rings. The number of carbonyl (C=O) groups excluding carboxylic acids is 1. The molecule has 1 unspecified atom stereocenters. The summed E-state index contributed by atoms with van der Waals surface area (Å²) >= 11 is 0. The van der Waals surface area contributed by atoms with Gasteiger partial charge in [-0.1, -0.05) is 12.1 Å². The van der Waals surface area contributed by atoms with Crippen LogP contribution in [-0.2, 0) is 14.3 Å². The van der Waals surface area contributed by atoms with Crippen molar-refractivity contribution in [2.45, 2.75) is 18.9 Å². The number of hydrogen-bond acceptors (Lipinski definition) is 5. The van der Waals surface area contributed by atoms with Crippen molar-refractivity contribution >= 4 is 11.6 Å². The summed E-state index contributed by atoms with van der Waals surface area (Å²) in [4.78, 5) is 11.9. The SMILES string of the molecule is COCCCOc1ccccc1NC(=O)CC(CN)OC. The predicted octanol–water partition coefficient (Wildman–Crippen LogP) is 1.40. The second-order valence-corrected chi connectivity index (χ2v) is 4.54. The predicted molar refractivity (Wildman–Crippen MR) is 81.5 cm³/mol. The minimum atomic E-state index is -0.278. The first-order chi connectivity index (χ1) is 10.2. The van der Waals surface area contributed by atoms with E-state index in [0.29, 0.717) is 31.2 Å². The molecule has 0 aliphatic rings. The Bertz CT molecular complexity index is 422. The van der Waals surface area contributed by atoms with E-state index in [0.717, 1.165) is 6.42 Å². The number of para-hydroxylation sites is 2. The zero-order valence-electron chi connectivity index (χ0n) is 12.6.